The van der Waals surface area contributed by atoms with Crippen LogP contribution in [0.1, 0.15) is 6.92 Å². The lowest BCUT2D eigenvalue weighted by atomic mass is 10.2. The van der Waals surface area contributed by atoms with Crippen LogP contribution in [0.5, 0.6) is 0 Å². The topological polar surface area (TPSA) is 74.3 Å². The van der Waals surface area contributed by atoms with Gasteiger partial charge in [-0.25, -0.2) is 4.99 Å². The lowest BCUT2D eigenvalue weighted by molar-refractivity contribution is 1.07. The van der Waals surface area contributed by atoms with Gasteiger partial charge >= 0.3 is 0 Å². The van der Waals surface area contributed by atoms with Gasteiger partial charge in [-0.3, -0.25) is 5.41 Å². The molecule has 4 heteroatoms. The number of aliphatic imine (C=N–C) groups is 1. The van der Waals surface area contributed by atoms with E-state index in [9.17, 15) is 0 Å². The molecular weight excluding hydrogens is 128 g/mol. The lowest BCUT2D eigenvalue weighted by Gasteiger charge is -2.10. The molecule has 0 amide bonds. The van der Waals surface area contributed by atoms with Crippen molar-refractivity contribution in [3.8, 4) is 0 Å². The Bertz CT molecular complexity index is 255. The monoisotopic (exact) mass is 136 g/mol. The van der Waals surface area contributed by atoms with E-state index in [1.165, 1.54) is 0 Å². The summed E-state index contributed by atoms with van der Waals surface area (Å²) in [6.07, 6.45) is 1.60. The first-order valence-electron chi connectivity index (χ1n) is 2.81. The van der Waals surface area contributed by atoms with E-state index in [-0.39, 0.29) is 0 Å². The predicted octanol–water partition coefficient (Wildman–Crippen LogP) is -0.0595. The summed E-state index contributed by atoms with van der Waals surface area (Å²) in [5, 5.41) is 9.51. The second kappa shape index (κ2) is 2.37. The Morgan fingerprint density at radius 3 is 3.00 bits per heavy atom. The molecule has 0 atom stereocenters. The highest BCUT2D eigenvalue weighted by Crippen LogP contribution is 2.04. The summed E-state index contributed by atoms with van der Waals surface area (Å²) < 4.78 is 0. The van der Waals surface area contributed by atoms with Gasteiger partial charge in [0, 0.05) is 17.6 Å². The molecule has 10 heavy (non-hydrogen) atoms. The van der Waals surface area contributed by atoms with Crippen molar-refractivity contribution < 1.29 is 0 Å². The van der Waals surface area contributed by atoms with Crippen molar-refractivity contribution in [2.24, 2.45) is 10.7 Å². The molecule has 0 aromatic rings. The van der Waals surface area contributed by atoms with Crippen molar-refractivity contribution in [3.63, 3.8) is 0 Å². The number of rotatable bonds is 0. The Labute approximate surface area is 58.6 Å². The van der Waals surface area contributed by atoms with Gasteiger partial charge in [-0.15, -0.1) is 0 Å². The maximum Gasteiger partial charge on any atom is 0.198 e. The van der Waals surface area contributed by atoms with Crippen LogP contribution in [0.3, 0.4) is 0 Å². The highest BCUT2D eigenvalue weighted by molar-refractivity contribution is 5.85. The minimum atomic E-state index is 0.306. The summed E-state index contributed by atoms with van der Waals surface area (Å²) >= 11 is 0. The molecule has 4 nitrogen and oxygen atoms in total. The van der Waals surface area contributed by atoms with Crippen molar-refractivity contribution in [1.82, 2.24) is 5.32 Å². The summed E-state index contributed by atoms with van der Waals surface area (Å²) in [6.45, 7) is 1.83. The Balaban J connectivity index is 3.00. The largest absolute Gasteiger partial charge is 0.369 e. The predicted molar refractivity (Wildman–Crippen MR) is 39.8 cm³/mol. The highest BCUT2D eigenvalue weighted by Gasteiger charge is 2.04. The molecule has 0 bridgehead atoms. The van der Waals surface area contributed by atoms with E-state index >= 15 is 0 Å². The molecule has 0 radical (unpaired) electrons. The Hall–Kier alpha value is -1.54. The fourth-order valence-electron chi connectivity index (χ4n) is 0.620. The van der Waals surface area contributed by atoms with Crippen LogP contribution in [-0.2, 0) is 0 Å². The molecule has 0 aliphatic carbocycles. The fraction of sp³-hybridized carbons (Fsp3) is 0.167. The standard InChI is InChI=1S/C6H8N4/c1-4-3-9-6(8)10-5(4)2-7/h3,7H,1H3,(H3,8,9,10). The van der Waals surface area contributed by atoms with Crippen molar-refractivity contribution >= 4 is 11.8 Å². The van der Waals surface area contributed by atoms with Crippen LogP contribution in [0.2, 0.25) is 0 Å². The van der Waals surface area contributed by atoms with Gasteiger partial charge in [0.15, 0.2) is 5.96 Å². The number of nitrogens with two attached hydrogens (primary N) is 1. The van der Waals surface area contributed by atoms with E-state index in [4.69, 9.17) is 11.1 Å². The number of guanidine groups is 1. The van der Waals surface area contributed by atoms with Crippen LogP contribution in [0.15, 0.2) is 22.5 Å². The molecule has 1 aliphatic rings. The summed E-state index contributed by atoms with van der Waals surface area (Å²) in [6, 6.07) is 0. The van der Waals surface area contributed by atoms with Crippen molar-refractivity contribution in [1.29, 1.82) is 5.41 Å². The Morgan fingerprint density at radius 2 is 2.50 bits per heavy atom. The maximum atomic E-state index is 6.82. The van der Waals surface area contributed by atoms with Gasteiger partial charge in [0.1, 0.15) is 5.70 Å². The zero-order valence-electron chi connectivity index (χ0n) is 5.60. The molecule has 0 fully saturated rings. The van der Waals surface area contributed by atoms with E-state index in [1.54, 1.807) is 6.20 Å². The lowest BCUT2D eigenvalue weighted by Crippen LogP contribution is -2.33. The van der Waals surface area contributed by atoms with Crippen molar-refractivity contribution in [3.05, 3.63) is 17.5 Å². The SMILES string of the molecule is CC1=CN=C(N)NC1=C=N. The van der Waals surface area contributed by atoms with E-state index < -0.39 is 0 Å². The average Bonchev–Trinajstić information content (AvgIpc) is 1.94. The first-order valence-corrected chi connectivity index (χ1v) is 2.81. The minimum Gasteiger partial charge on any atom is -0.369 e. The van der Waals surface area contributed by atoms with Gasteiger partial charge in [-0.2, -0.15) is 0 Å². The highest BCUT2D eigenvalue weighted by atomic mass is 15.1. The minimum absolute atomic E-state index is 0.306. The zero-order chi connectivity index (χ0) is 7.56. The van der Waals surface area contributed by atoms with Gasteiger partial charge in [0.05, 0.1) is 0 Å². The number of hydrogen-bond donors (Lipinski definition) is 3. The first kappa shape index (κ1) is 6.58. The van der Waals surface area contributed by atoms with Crippen LogP contribution in [0, 0.1) is 5.41 Å². The third-order valence-corrected chi connectivity index (χ3v) is 1.17. The van der Waals surface area contributed by atoms with E-state index in [2.05, 4.69) is 16.2 Å². The third-order valence-electron chi connectivity index (χ3n) is 1.17. The zero-order valence-corrected chi connectivity index (χ0v) is 5.60. The molecule has 4 N–H and O–H groups in total. The molecule has 1 heterocycles. The van der Waals surface area contributed by atoms with Crippen molar-refractivity contribution in [2.75, 3.05) is 0 Å². The van der Waals surface area contributed by atoms with Gasteiger partial charge in [-0.1, -0.05) is 0 Å². The molecular formula is C6H8N4. The molecule has 52 valence electrons. The molecule has 0 saturated carbocycles. The molecule has 0 aromatic carbocycles. The van der Waals surface area contributed by atoms with Crippen molar-refractivity contribution in [2.45, 2.75) is 6.92 Å². The maximum absolute atomic E-state index is 6.82. The van der Waals surface area contributed by atoms with Crippen LogP contribution in [0.4, 0.5) is 0 Å². The Kier molecular flexibility index (Phi) is 1.56. The first-order chi connectivity index (χ1) is 4.74. The van der Waals surface area contributed by atoms with Crippen LogP contribution < -0.4 is 11.1 Å². The summed E-state index contributed by atoms with van der Waals surface area (Å²) in [4.78, 5) is 3.79. The molecule has 1 aliphatic heterocycles. The molecule has 0 unspecified atom stereocenters. The number of allylic oxidation sites excluding steroid dienone is 1. The normalized spacial score (nSPS) is 16.7. The van der Waals surface area contributed by atoms with E-state index in [0.717, 1.165) is 5.57 Å². The smallest absolute Gasteiger partial charge is 0.198 e. The third kappa shape index (κ3) is 1.06. The number of nitrogens with zero attached hydrogens (tertiary/aromatic N) is 1. The van der Waals surface area contributed by atoms with Crippen LogP contribution in [0.25, 0.3) is 0 Å². The molecule has 0 aromatic heterocycles. The van der Waals surface area contributed by atoms with Gasteiger partial charge < -0.3 is 11.1 Å². The van der Waals surface area contributed by atoms with Gasteiger partial charge in [-0.05, 0) is 6.92 Å². The molecule has 0 spiro atoms. The Morgan fingerprint density at radius 1 is 1.80 bits per heavy atom. The summed E-state index contributed by atoms with van der Waals surface area (Å²) in [5.74, 6) is 2.52. The van der Waals surface area contributed by atoms with Crippen LogP contribution >= 0.6 is 0 Å². The number of nitrogens with one attached hydrogen (secondary N) is 2. The van der Waals surface area contributed by atoms with E-state index in [1.807, 2.05) is 6.92 Å². The van der Waals surface area contributed by atoms with Crippen LogP contribution in [-0.4, -0.2) is 11.8 Å². The quantitative estimate of drug-likeness (QED) is 0.408. The second-order valence-electron chi connectivity index (χ2n) is 1.95. The fourth-order valence-corrected chi connectivity index (χ4v) is 0.620. The van der Waals surface area contributed by atoms with Gasteiger partial charge in [0.2, 0.25) is 0 Å². The molecule has 0 saturated heterocycles. The van der Waals surface area contributed by atoms with E-state index in [0.29, 0.717) is 11.7 Å². The van der Waals surface area contributed by atoms with Gasteiger partial charge in [0.25, 0.3) is 0 Å². The average molecular weight is 136 g/mol. The summed E-state index contributed by atoms with van der Waals surface area (Å²) in [7, 11) is 0. The second-order valence-corrected chi connectivity index (χ2v) is 1.95. The summed E-state index contributed by atoms with van der Waals surface area (Å²) in [5.41, 5.74) is 6.75. The number of hydrogen-bond acceptors (Lipinski definition) is 4. The molecule has 1 rings (SSSR count).